The van der Waals surface area contributed by atoms with Crippen LogP contribution in [0.2, 0.25) is 0 Å². The van der Waals surface area contributed by atoms with Crippen LogP contribution in [0.4, 0.5) is 5.69 Å². The van der Waals surface area contributed by atoms with Crippen molar-refractivity contribution in [3.63, 3.8) is 0 Å². The highest BCUT2D eigenvalue weighted by atomic mass is 32.1. The molecule has 1 unspecified atom stereocenters. The van der Waals surface area contributed by atoms with Crippen LogP contribution >= 0.6 is 24.0 Å². The molecule has 0 spiro atoms. The summed E-state index contributed by atoms with van der Waals surface area (Å²) in [6.45, 7) is 1.75. The van der Waals surface area contributed by atoms with E-state index in [1.54, 1.807) is 18.3 Å². The van der Waals surface area contributed by atoms with Crippen LogP contribution in [0.15, 0.2) is 29.6 Å². The first-order valence-corrected chi connectivity index (χ1v) is 6.02. The molecular formula is C11H11NOS2. The van der Waals surface area contributed by atoms with E-state index in [-0.39, 0.29) is 11.2 Å². The molecule has 0 aliphatic rings. The Bertz CT molecular complexity index is 490. The quantitative estimate of drug-likeness (QED) is 0.772. The summed E-state index contributed by atoms with van der Waals surface area (Å²) in [5, 5.41) is 5.72. The Kier molecular flexibility index (Phi) is 2.98. The van der Waals surface area contributed by atoms with Gasteiger partial charge >= 0.3 is 0 Å². The summed E-state index contributed by atoms with van der Waals surface area (Å²) in [5.41, 5.74) is 0.826. The molecule has 2 nitrogen and oxygen atoms in total. The number of fused-ring (bicyclic) bond motifs is 1. The first kappa shape index (κ1) is 10.5. The predicted octanol–water partition coefficient (Wildman–Crippen LogP) is 3.16. The Hall–Kier alpha value is -1.00. The van der Waals surface area contributed by atoms with Crippen molar-refractivity contribution in [1.29, 1.82) is 0 Å². The SMILES string of the molecule is CC(S)C(=O)Nc1ccc2sccc2c1. The number of hydrogen-bond acceptors (Lipinski definition) is 3. The molecule has 1 aromatic carbocycles. The normalized spacial score (nSPS) is 12.7. The van der Waals surface area contributed by atoms with E-state index in [1.165, 1.54) is 4.70 Å². The second kappa shape index (κ2) is 4.24. The highest BCUT2D eigenvalue weighted by Gasteiger charge is 2.07. The molecule has 0 fully saturated rings. The summed E-state index contributed by atoms with van der Waals surface area (Å²) in [7, 11) is 0. The molecule has 0 aliphatic heterocycles. The van der Waals surface area contributed by atoms with Crippen molar-refractivity contribution in [2.24, 2.45) is 0 Å². The van der Waals surface area contributed by atoms with Crippen molar-refractivity contribution in [1.82, 2.24) is 0 Å². The van der Waals surface area contributed by atoms with E-state index in [0.29, 0.717) is 0 Å². The summed E-state index contributed by atoms with van der Waals surface area (Å²) >= 11 is 5.77. The minimum absolute atomic E-state index is 0.0760. The van der Waals surface area contributed by atoms with E-state index in [1.807, 2.05) is 29.6 Å². The second-order valence-electron chi connectivity index (χ2n) is 3.34. The lowest BCUT2D eigenvalue weighted by Crippen LogP contribution is -2.20. The largest absolute Gasteiger partial charge is 0.325 e. The van der Waals surface area contributed by atoms with Gasteiger partial charge in [0, 0.05) is 10.4 Å². The Labute approximate surface area is 97.7 Å². The Balaban J connectivity index is 2.25. The topological polar surface area (TPSA) is 29.1 Å². The Morgan fingerprint density at radius 3 is 3.00 bits per heavy atom. The number of carbonyl (C=O) groups is 1. The average molecular weight is 237 g/mol. The lowest BCUT2D eigenvalue weighted by atomic mass is 10.2. The van der Waals surface area contributed by atoms with Crippen LogP contribution in [-0.4, -0.2) is 11.2 Å². The monoisotopic (exact) mass is 237 g/mol. The summed E-state index contributed by atoms with van der Waals surface area (Å²) < 4.78 is 1.23. The molecule has 0 radical (unpaired) electrons. The molecular weight excluding hydrogens is 226 g/mol. The third-order valence-electron chi connectivity index (χ3n) is 2.10. The molecule has 78 valence electrons. The number of anilines is 1. The fourth-order valence-corrected chi connectivity index (χ4v) is 2.13. The summed E-state index contributed by atoms with van der Waals surface area (Å²) in [6, 6.07) is 7.94. The Morgan fingerprint density at radius 2 is 2.27 bits per heavy atom. The molecule has 0 saturated carbocycles. The number of carbonyl (C=O) groups excluding carboxylic acids is 1. The van der Waals surface area contributed by atoms with Gasteiger partial charge in [0.2, 0.25) is 5.91 Å². The highest BCUT2D eigenvalue weighted by molar-refractivity contribution is 7.81. The van der Waals surface area contributed by atoms with Crippen molar-refractivity contribution in [3.05, 3.63) is 29.6 Å². The van der Waals surface area contributed by atoms with Crippen LogP contribution in [-0.2, 0) is 4.79 Å². The minimum atomic E-state index is -0.289. The minimum Gasteiger partial charge on any atom is -0.325 e. The summed E-state index contributed by atoms with van der Waals surface area (Å²) in [5.74, 6) is -0.0760. The number of thiophene rings is 1. The summed E-state index contributed by atoms with van der Waals surface area (Å²) in [4.78, 5) is 11.4. The number of nitrogens with one attached hydrogen (secondary N) is 1. The van der Waals surface area contributed by atoms with Crippen LogP contribution in [0, 0.1) is 0 Å². The molecule has 0 bridgehead atoms. The van der Waals surface area contributed by atoms with E-state index >= 15 is 0 Å². The zero-order valence-electron chi connectivity index (χ0n) is 8.23. The first-order chi connectivity index (χ1) is 7.16. The van der Waals surface area contributed by atoms with E-state index in [2.05, 4.69) is 17.9 Å². The number of rotatable bonds is 2. The number of hydrogen-bond donors (Lipinski definition) is 2. The van der Waals surface area contributed by atoms with Crippen LogP contribution in [0.25, 0.3) is 10.1 Å². The highest BCUT2D eigenvalue weighted by Crippen LogP contribution is 2.24. The third kappa shape index (κ3) is 2.33. The fourth-order valence-electron chi connectivity index (χ4n) is 1.29. The molecule has 1 heterocycles. The van der Waals surface area contributed by atoms with Crippen LogP contribution in [0.5, 0.6) is 0 Å². The van der Waals surface area contributed by atoms with Crippen molar-refractivity contribution < 1.29 is 4.79 Å². The number of thiol groups is 1. The zero-order chi connectivity index (χ0) is 10.8. The van der Waals surface area contributed by atoms with Gasteiger partial charge in [0.25, 0.3) is 0 Å². The standard InChI is InChI=1S/C11H11NOS2/c1-7(14)11(13)12-9-2-3-10-8(6-9)4-5-15-10/h2-7,14H,1H3,(H,12,13). The molecule has 1 N–H and O–H groups in total. The number of benzene rings is 1. The van der Waals surface area contributed by atoms with Gasteiger partial charge in [0.15, 0.2) is 0 Å². The van der Waals surface area contributed by atoms with Gasteiger partial charge in [-0.3, -0.25) is 4.79 Å². The fraction of sp³-hybridized carbons (Fsp3) is 0.182. The molecule has 15 heavy (non-hydrogen) atoms. The van der Waals surface area contributed by atoms with Gasteiger partial charge in [0.05, 0.1) is 5.25 Å². The number of amides is 1. The van der Waals surface area contributed by atoms with Gasteiger partial charge in [-0.25, -0.2) is 0 Å². The van der Waals surface area contributed by atoms with Crippen LogP contribution in [0.1, 0.15) is 6.92 Å². The maximum absolute atomic E-state index is 11.4. The molecule has 0 saturated heterocycles. The van der Waals surface area contributed by atoms with Crippen molar-refractivity contribution in [2.75, 3.05) is 5.32 Å². The smallest absolute Gasteiger partial charge is 0.236 e. The zero-order valence-corrected chi connectivity index (χ0v) is 9.94. The molecule has 1 amide bonds. The molecule has 0 aliphatic carbocycles. The second-order valence-corrected chi connectivity index (χ2v) is 5.06. The molecule has 4 heteroatoms. The van der Waals surface area contributed by atoms with Gasteiger partial charge < -0.3 is 5.32 Å². The molecule has 1 atom stereocenters. The molecule has 2 aromatic rings. The third-order valence-corrected chi connectivity index (χ3v) is 3.23. The Morgan fingerprint density at radius 1 is 1.47 bits per heavy atom. The maximum Gasteiger partial charge on any atom is 0.236 e. The van der Waals surface area contributed by atoms with Crippen LogP contribution < -0.4 is 5.32 Å². The van der Waals surface area contributed by atoms with E-state index in [4.69, 9.17) is 0 Å². The molecule has 1 aromatic heterocycles. The van der Waals surface area contributed by atoms with Crippen molar-refractivity contribution in [2.45, 2.75) is 12.2 Å². The predicted molar refractivity (Wildman–Crippen MR) is 68.9 cm³/mol. The van der Waals surface area contributed by atoms with Gasteiger partial charge in [0.1, 0.15) is 0 Å². The maximum atomic E-state index is 11.4. The van der Waals surface area contributed by atoms with Crippen molar-refractivity contribution in [3.8, 4) is 0 Å². The van der Waals surface area contributed by atoms with E-state index in [0.717, 1.165) is 11.1 Å². The van der Waals surface area contributed by atoms with Gasteiger partial charge in [-0.1, -0.05) is 0 Å². The lowest BCUT2D eigenvalue weighted by molar-refractivity contribution is -0.115. The first-order valence-electron chi connectivity index (χ1n) is 4.63. The van der Waals surface area contributed by atoms with Gasteiger partial charge in [-0.15, -0.1) is 11.3 Å². The van der Waals surface area contributed by atoms with Crippen molar-refractivity contribution >= 4 is 45.6 Å². The summed E-state index contributed by atoms with van der Waals surface area (Å²) in [6.07, 6.45) is 0. The van der Waals surface area contributed by atoms with Gasteiger partial charge in [-0.05, 0) is 42.0 Å². The lowest BCUT2D eigenvalue weighted by Gasteiger charge is -2.06. The van der Waals surface area contributed by atoms with E-state index in [9.17, 15) is 4.79 Å². The van der Waals surface area contributed by atoms with Crippen LogP contribution in [0.3, 0.4) is 0 Å². The van der Waals surface area contributed by atoms with E-state index < -0.39 is 0 Å². The molecule has 2 rings (SSSR count). The van der Waals surface area contributed by atoms with Gasteiger partial charge in [-0.2, -0.15) is 12.6 Å². The average Bonchev–Trinajstić information content (AvgIpc) is 2.64.